The minimum atomic E-state index is -0.691. The van der Waals surface area contributed by atoms with E-state index in [9.17, 15) is 4.79 Å². The van der Waals surface area contributed by atoms with E-state index in [2.05, 4.69) is 10.3 Å². The average molecular weight is 423 g/mol. The number of benzene rings is 1. The number of carbonyl (C=O) groups is 1. The summed E-state index contributed by atoms with van der Waals surface area (Å²) < 4.78 is 12.1. The van der Waals surface area contributed by atoms with Gasteiger partial charge in [-0.25, -0.2) is 9.97 Å². The van der Waals surface area contributed by atoms with Crippen LogP contribution >= 0.6 is 0 Å². The van der Waals surface area contributed by atoms with E-state index in [1.54, 1.807) is 7.11 Å². The molecule has 0 aliphatic carbocycles. The zero-order valence-corrected chi connectivity index (χ0v) is 18.1. The summed E-state index contributed by atoms with van der Waals surface area (Å²) in [6.45, 7) is 3.60. The van der Waals surface area contributed by atoms with Gasteiger partial charge in [-0.3, -0.25) is 4.79 Å². The molecular weight excluding hydrogens is 392 g/mol. The third-order valence-electron chi connectivity index (χ3n) is 7.13. The normalized spacial score (nSPS) is 22.2. The lowest BCUT2D eigenvalue weighted by Gasteiger charge is -2.46. The van der Waals surface area contributed by atoms with Crippen LogP contribution in [0.4, 0.5) is 0 Å². The zero-order valence-electron chi connectivity index (χ0n) is 18.1. The number of nitrogens with one attached hydrogen (secondary N) is 1. The van der Waals surface area contributed by atoms with Crippen LogP contribution in [0, 0.1) is 0 Å². The maximum Gasteiger partial charge on any atom is 0.254 e. The van der Waals surface area contributed by atoms with Crippen molar-refractivity contribution in [2.45, 2.75) is 43.3 Å². The Labute approximate surface area is 183 Å². The smallest absolute Gasteiger partial charge is 0.254 e. The molecular formula is C24H30N4O3. The van der Waals surface area contributed by atoms with Crippen molar-refractivity contribution < 1.29 is 14.3 Å². The summed E-state index contributed by atoms with van der Waals surface area (Å²) in [4.78, 5) is 24.9. The number of rotatable bonds is 3. The van der Waals surface area contributed by atoms with Gasteiger partial charge < -0.3 is 19.7 Å². The Hall–Kier alpha value is -2.35. The summed E-state index contributed by atoms with van der Waals surface area (Å²) in [6.07, 6.45) is 5.72. The summed E-state index contributed by atoms with van der Waals surface area (Å²) >= 11 is 0. The SMILES string of the molecule is COC1(C(=O)N2CCC3(CC2)OCCc2cnc(-c4ccccc4)nc23)CCNCC1. The van der Waals surface area contributed by atoms with Crippen LogP contribution in [-0.2, 0) is 26.3 Å². The quantitative estimate of drug-likeness (QED) is 0.818. The molecule has 1 amide bonds. The second-order valence-electron chi connectivity index (χ2n) is 8.77. The van der Waals surface area contributed by atoms with E-state index in [1.807, 2.05) is 41.4 Å². The van der Waals surface area contributed by atoms with Crippen LogP contribution in [0.1, 0.15) is 36.9 Å². The number of aromatic nitrogens is 2. The minimum absolute atomic E-state index is 0.120. The maximum absolute atomic E-state index is 13.4. The van der Waals surface area contributed by atoms with Gasteiger partial charge in [0.2, 0.25) is 0 Å². The molecule has 164 valence electrons. The van der Waals surface area contributed by atoms with Crippen LogP contribution in [0.2, 0.25) is 0 Å². The van der Waals surface area contributed by atoms with Gasteiger partial charge >= 0.3 is 0 Å². The molecule has 1 N–H and O–H groups in total. The predicted octanol–water partition coefficient (Wildman–Crippen LogP) is 2.30. The monoisotopic (exact) mass is 422 g/mol. The highest BCUT2D eigenvalue weighted by atomic mass is 16.5. The van der Waals surface area contributed by atoms with E-state index in [-0.39, 0.29) is 5.91 Å². The Kier molecular flexibility index (Phi) is 5.50. The van der Waals surface area contributed by atoms with E-state index < -0.39 is 11.2 Å². The topological polar surface area (TPSA) is 76.6 Å². The van der Waals surface area contributed by atoms with Crippen LogP contribution in [0.3, 0.4) is 0 Å². The number of nitrogens with zero attached hydrogens (tertiary/aromatic N) is 3. The largest absolute Gasteiger partial charge is 0.368 e. The number of fused-ring (bicyclic) bond motifs is 2. The average Bonchev–Trinajstić information content (AvgIpc) is 2.85. The van der Waals surface area contributed by atoms with Gasteiger partial charge in [0.1, 0.15) is 11.2 Å². The van der Waals surface area contributed by atoms with Crippen molar-refractivity contribution >= 4 is 5.91 Å². The molecule has 2 fully saturated rings. The molecule has 7 nitrogen and oxygen atoms in total. The molecule has 0 radical (unpaired) electrons. The van der Waals surface area contributed by atoms with Gasteiger partial charge in [0, 0.05) is 32.0 Å². The van der Waals surface area contributed by atoms with Gasteiger partial charge in [-0.15, -0.1) is 0 Å². The number of methoxy groups -OCH3 is 1. The van der Waals surface area contributed by atoms with Crippen molar-refractivity contribution in [2.24, 2.45) is 0 Å². The van der Waals surface area contributed by atoms with Crippen molar-refractivity contribution in [2.75, 3.05) is 39.9 Å². The Morgan fingerprint density at radius 1 is 1.13 bits per heavy atom. The fraction of sp³-hybridized carbons (Fsp3) is 0.542. The van der Waals surface area contributed by atoms with E-state index >= 15 is 0 Å². The molecule has 0 bridgehead atoms. The molecule has 3 aliphatic rings. The second-order valence-corrected chi connectivity index (χ2v) is 8.77. The van der Waals surface area contributed by atoms with Gasteiger partial charge in [-0.1, -0.05) is 30.3 Å². The first-order valence-electron chi connectivity index (χ1n) is 11.3. The number of piperidine rings is 2. The Morgan fingerprint density at radius 2 is 1.87 bits per heavy atom. The van der Waals surface area contributed by atoms with E-state index in [4.69, 9.17) is 14.5 Å². The molecule has 5 rings (SSSR count). The first-order valence-corrected chi connectivity index (χ1v) is 11.3. The van der Waals surface area contributed by atoms with Crippen molar-refractivity contribution in [3.63, 3.8) is 0 Å². The fourth-order valence-corrected chi connectivity index (χ4v) is 5.21. The standard InChI is InChI=1S/C24H30N4O3/c1-30-24(8-12-25-13-9-24)22(29)28-14-10-23(11-15-28)20-19(7-16-31-23)17-26-21(27-20)18-5-3-2-4-6-18/h2-6,17,25H,7-16H2,1H3. The number of likely N-dealkylation sites (tertiary alicyclic amines) is 1. The highest BCUT2D eigenvalue weighted by Crippen LogP contribution is 2.41. The Balaban J connectivity index is 1.38. The molecule has 0 atom stereocenters. The van der Waals surface area contributed by atoms with Crippen LogP contribution in [0.25, 0.3) is 11.4 Å². The molecule has 4 heterocycles. The molecule has 1 aromatic carbocycles. The number of ether oxygens (including phenoxy) is 2. The fourth-order valence-electron chi connectivity index (χ4n) is 5.21. The van der Waals surface area contributed by atoms with Crippen LogP contribution in [0.5, 0.6) is 0 Å². The molecule has 31 heavy (non-hydrogen) atoms. The molecule has 2 aromatic rings. The lowest BCUT2D eigenvalue weighted by atomic mass is 9.82. The zero-order chi connectivity index (χ0) is 21.3. The van der Waals surface area contributed by atoms with E-state index in [1.165, 1.54) is 0 Å². The summed E-state index contributed by atoms with van der Waals surface area (Å²) in [6, 6.07) is 10.1. The number of hydrogen-bond acceptors (Lipinski definition) is 6. The molecule has 1 spiro atoms. The molecule has 2 saturated heterocycles. The van der Waals surface area contributed by atoms with Crippen LogP contribution in [-0.4, -0.2) is 66.3 Å². The maximum atomic E-state index is 13.4. The van der Waals surface area contributed by atoms with Crippen molar-refractivity contribution in [1.29, 1.82) is 0 Å². The molecule has 7 heteroatoms. The van der Waals surface area contributed by atoms with Crippen LogP contribution in [0.15, 0.2) is 36.5 Å². The van der Waals surface area contributed by atoms with Gasteiger partial charge in [-0.2, -0.15) is 0 Å². The van der Waals surface area contributed by atoms with Gasteiger partial charge in [0.15, 0.2) is 5.82 Å². The highest BCUT2D eigenvalue weighted by Gasteiger charge is 2.47. The lowest BCUT2D eigenvalue weighted by Crippen LogP contribution is -2.58. The van der Waals surface area contributed by atoms with Gasteiger partial charge in [0.25, 0.3) is 5.91 Å². The third kappa shape index (κ3) is 3.64. The predicted molar refractivity (Wildman–Crippen MR) is 116 cm³/mol. The van der Waals surface area contributed by atoms with Crippen LogP contribution < -0.4 is 5.32 Å². The molecule has 3 aliphatic heterocycles. The number of carbonyl (C=O) groups excluding carboxylic acids is 1. The Bertz CT molecular complexity index is 935. The highest BCUT2D eigenvalue weighted by molar-refractivity contribution is 5.85. The minimum Gasteiger partial charge on any atom is -0.368 e. The lowest BCUT2D eigenvalue weighted by molar-refractivity contribution is -0.165. The number of amides is 1. The van der Waals surface area contributed by atoms with Crippen molar-refractivity contribution in [1.82, 2.24) is 20.2 Å². The van der Waals surface area contributed by atoms with Crippen molar-refractivity contribution in [3.05, 3.63) is 47.8 Å². The van der Waals surface area contributed by atoms with Gasteiger partial charge in [-0.05, 0) is 50.8 Å². The summed E-state index contributed by atoms with van der Waals surface area (Å²) in [5.41, 5.74) is 2.04. The summed E-state index contributed by atoms with van der Waals surface area (Å²) in [5.74, 6) is 0.853. The van der Waals surface area contributed by atoms with E-state index in [0.29, 0.717) is 19.7 Å². The Morgan fingerprint density at radius 3 is 2.58 bits per heavy atom. The van der Waals surface area contributed by atoms with Crippen molar-refractivity contribution in [3.8, 4) is 11.4 Å². The first-order chi connectivity index (χ1) is 15.2. The number of hydrogen-bond donors (Lipinski definition) is 1. The first kappa shape index (κ1) is 20.5. The third-order valence-corrected chi connectivity index (χ3v) is 7.13. The molecule has 1 aromatic heterocycles. The molecule has 0 saturated carbocycles. The second kappa shape index (κ2) is 8.30. The molecule has 0 unspecified atom stereocenters. The summed E-state index contributed by atoms with van der Waals surface area (Å²) in [5, 5.41) is 3.32. The van der Waals surface area contributed by atoms with E-state index in [0.717, 1.165) is 67.8 Å². The van der Waals surface area contributed by atoms with Gasteiger partial charge in [0.05, 0.1) is 12.3 Å². The summed E-state index contributed by atoms with van der Waals surface area (Å²) in [7, 11) is 1.66.